The fourth-order valence-electron chi connectivity index (χ4n) is 4.72. The third-order valence-electron chi connectivity index (χ3n) is 6.53. The molecule has 37 heavy (non-hydrogen) atoms. The van der Waals surface area contributed by atoms with Crippen LogP contribution in [0.3, 0.4) is 0 Å². The first-order chi connectivity index (χ1) is 18.2. The Morgan fingerprint density at radius 2 is 1.76 bits per heavy atom. The SMILES string of the molecule is O=C(CSc1cn(Cc2ccccc2)c2ccccc12)N1N=C(c2cccs2)C[C@@H]1c1ccc(F)cc1. The maximum atomic E-state index is 13.6. The number of thioether (sulfide) groups is 1. The summed E-state index contributed by atoms with van der Waals surface area (Å²) in [6.07, 6.45) is 2.75. The number of carbonyl (C=O) groups excluding carboxylic acids is 1. The highest BCUT2D eigenvalue weighted by atomic mass is 32.2. The maximum absolute atomic E-state index is 13.6. The van der Waals surface area contributed by atoms with Crippen molar-refractivity contribution in [3.8, 4) is 0 Å². The predicted molar refractivity (Wildman–Crippen MR) is 150 cm³/mol. The van der Waals surface area contributed by atoms with E-state index in [2.05, 4.69) is 35.0 Å². The van der Waals surface area contributed by atoms with E-state index in [0.717, 1.165) is 38.5 Å². The van der Waals surface area contributed by atoms with E-state index in [1.54, 1.807) is 28.5 Å². The van der Waals surface area contributed by atoms with Crippen molar-refractivity contribution in [2.24, 2.45) is 5.10 Å². The average molecular weight is 526 g/mol. The number of halogens is 1. The number of carbonyl (C=O) groups is 1. The van der Waals surface area contributed by atoms with Gasteiger partial charge >= 0.3 is 0 Å². The highest BCUT2D eigenvalue weighted by molar-refractivity contribution is 8.00. The van der Waals surface area contributed by atoms with Gasteiger partial charge in [-0.05, 0) is 40.8 Å². The van der Waals surface area contributed by atoms with Gasteiger partial charge in [-0.3, -0.25) is 4.79 Å². The number of hydrazone groups is 1. The van der Waals surface area contributed by atoms with E-state index in [1.165, 1.54) is 29.5 Å². The zero-order chi connectivity index (χ0) is 25.2. The number of amides is 1. The topological polar surface area (TPSA) is 37.6 Å². The molecular weight excluding hydrogens is 501 g/mol. The lowest BCUT2D eigenvalue weighted by Gasteiger charge is -2.22. The molecule has 1 aliphatic heterocycles. The van der Waals surface area contributed by atoms with Crippen LogP contribution in [0.1, 0.15) is 28.5 Å². The molecule has 3 aromatic carbocycles. The van der Waals surface area contributed by atoms with E-state index in [-0.39, 0.29) is 23.5 Å². The standard InChI is InChI=1S/C30H24FN3OS2/c31-23-14-12-22(13-15-23)27-17-25(28-11-6-16-36-28)32-34(27)30(35)20-37-29-19-33(18-21-7-2-1-3-8-21)26-10-5-4-9-24(26)29/h1-16,19,27H,17-18,20H2/t27-/m1/s1. The minimum atomic E-state index is -0.290. The van der Waals surface area contributed by atoms with Gasteiger partial charge in [-0.2, -0.15) is 5.10 Å². The molecule has 5 aromatic rings. The van der Waals surface area contributed by atoms with Gasteiger partial charge in [-0.15, -0.1) is 23.1 Å². The van der Waals surface area contributed by atoms with Crippen LogP contribution in [0.4, 0.5) is 4.39 Å². The Morgan fingerprint density at radius 3 is 2.54 bits per heavy atom. The molecule has 0 unspecified atom stereocenters. The van der Waals surface area contributed by atoms with E-state index in [4.69, 9.17) is 5.10 Å². The number of nitrogens with zero attached hydrogens (tertiary/aromatic N) is 3. The van der Waals surface area contributed by atoms with Crippen molar-refractivity contribution in [2.45, 2.75) is 23.9 Å². The van der Waals surface area contributed by atoms with Crippen molar-refractivity contribution < 1.29 is 9.18 Å². The number of rotatable bonds is 7. The molecule has 0 radical (unpaired) electrons. The molecule has 1 amide bonds. The molecule has 1 atom stereocenters. The molecule has 0 aliphatic carbocycles. The maximum Gasteiger partial charge on any atom is 0.253 e. The number of hydrogen-bond donors (Lipinski definition) is 0. The second-order valence-corrected chi connectivity index (χ2v) is 10.9. The molecule has 184 valence electrons. The van der Waals surface area contributed by atoms with Crippen molar-refractivity contribution in [2.75, 3.05) is 5.75 Å². The molecule has 0 spiro atoms. The molecule has 0 saturated heterocycles. The van der Waals surface area contributed by atoms with Crippen LogP contribution in [0, 0.1) is 5.82 Å². The average Bonchev–Trinajstić information content (AvgIpc) is 3.68. The lowest BCUT2D eigenvalue weighted by atomic mass is 10.0. The summed E-state index contributed by atoms with van der Waals surface area (Å²) in [5.74, 6) is -0.0922. The van der Waals surface area contributed by atoms with Crippen molar-refractivity contribution in [1.82, 2.24) is 9.58 Å². The number of aromatic nitrogens is 1. The van der Waals surface area contributed by atoms with Gasteiger partial charge < -0.3 is 4.57 Å². The van der Waals surface area contributed by atoms with Gasteiger partial charge in [0, 0.05) is 35.0 Å². The monoisotopic (exact) mass is 525 g/mol. The normalized spacial score (nSPS) is 15.3. The Labute approximate surface area is 223 Å². The summed E-state index contributed by atoms with van der Waals surface area (Å²) in [4.78, 5) is 15.7. The highest BCUT2D eigenvalue weighted by Gasteiger charge is 2.33. The number of benzene rings is 3. The van der Waals surface area contributed by atoms with Gasteiger partial charge in [0.1, 0.15) is 5.82 Å². The molecule has 4 nitrogen and oxygen atoms in total. The molecule has 2 aromatic heterocycles. The third-order valence-corrected chi connectivity index (χ3v) is 8.47. The molecule has 0 saturated carbocycles. The Balaban J connectivity index is 1.25. The third kappa shape index (κ3) is 4.97. The van der Waals surface area contributed by atoms with Gasteiger partial charge in [-0.1, -0.05) is 66.7 Å². The van der Waals surface area contributed by atoms with E-state index >= 15 is 0 Å². The minimum Gasteiger partial charge on any atom is -0.342 e. The van der Waals surface area contributed by atoms with E-state index in [0.29, 0.717) is 6.42 Å². The summed E-state index contributed by atoms with van der Waals surface area (Å²) in [7, 11) is 0. The largest absolute Gasteiger partial charge is 0.342 e. The molecule has 0 N–H and O–H groups in total. The van der Waals surface area contributed by atoms with Crippen molar-refractivity contribution in [3.63, 3.8) is 0 Å². The molecule has 7 heteroatoms. The van der Waals surface area contributed by atoms with E-state index in [1.807, 2.05) is 47.8 Å². The summed E-state index contributed by atoms with van der Waals surface area (Å²) in [6, 6.07) is 28.8. The summed E-state index contributed by atoms with van der Waals surface area (Å²) in [5.41, 5.74) is 4.15. The van der Waals surface area contributed by atoms with Gasteiger partial charge in [0.25, 0.3) is 5.91 Å². The van der Waals surface area contributed by atoms with Gasteiger partial charge in [0.15, 0.2) is 0 Å². The van der Waals surface area contributed by atoms with Crippen LogP contribution in [0.2, 0.25) is 0 Å². The van der Waals surface area contributed by atoms with Crippen LogP contribution < -0.4 is 0 Å². The molecule has 0 bridgehead atoms. The van der Waals surface area contributed by atoms with Gasteiger partial charge in [0.05, 0.1) is 22.4 Å². The first-order valence-electron chi connectivity index (χ1n) is 12.1. The van der Waals surface area contributed by atoms with E-state index < -0.39 is 0 Å². The van der Waals surface area contributed by atoms with Gasteiger partial charge in [0.2, 0.25) is 0 Å². The molecule has 1 aliphatic rings. The van der Waals surface area contributed by atoms with Crippen molar-refractivity contribution >= 4 is 45.6 Å². The van der Waals surface area contributed by atoms with Crippen LogP contribution in [-0.4, -0.2) is 26.9 Å². The second-order valence-electron chi connectivity index (χ2n) is 8.95. The minimum absolute atomic E-state index is 0.0641. The smallest absolute Gasteiger partial charge is 0.253 e. The lowest BCUT2D eigenvalue weighted by Crippen LogP contribution is -2.28. The molecular formula is C30H24FN3OS2. The summed E-state index contributed by atoms with van der Waals surface area (Å²) < 4.78 is 15.8. The quantitative estimate of drug-likeness (QED) is 0.208. The number of thiophene rings is 1. The van der Waals surface area contributed by atoms with E-state index in [9.17, 15) is 9.18 Å². The molecule has 3 heterocycles. The fraction of sp³-hybridized carbons (Fsp3) is 0.133. The van der Waals surface area contributed by atoms with Gasteiger partial charge in [-0.25, -0.2) is 9.40 Å². The predicted octanol–water partition coefficient (Wildman–Crippen LogP) is 7.36. The number of hydrogen-bond acceptors (Lipinski definition) is 4. The Morgan fingerprint density at radius 1 is 0.973 bits per heavy atom. The van der Waals surface area contributed by atoms with Crippen LogP contribution >= 0.6 is 23.1 Å². The van der Waals surface area contributed by atoms with Crippen LogP contribution in [0.15, 0.2) is 113 Å². The first kappa shape index (κ1) is 23.7. The lowest BCUT2D eigenvalue weighted by molar-refractivity contribution is -0.130. The van der Waals surface area contributed by atoms with Crippen LogP contribution in [0.25, 0.3) is 10.9 Å². The summed E-state index contributed by atoms with van der Waals surface area (Å²) >= 11 is 3.15. The second kappa shape index (κ2) is 10.4. The zero-order valence-electron chi connectivity index (χ0n) is 20.0. The Bertz CT molecular complexity index is 1560. The molecule has 6 rings (SSSR count). The summed E-state index contributed by atoms with van der Waals surface area (Å²) in [5, 5.41) is 9.49. The van der Waals surface area contributed by atoms with Crippen LogP contribution in [-0.2, 0) is 11.3 Å². The first-order valence-corrected chi connectivity index (χ1v) is 14.0. The highest BCUT2D eigenvalue weighted by Crippen LogP contribution is 2.36. The zero-order valence-corrected chi connectivity index (χ0v) is 21.6. The number of fused-ring (bicyclic) bond motifs is 1. The van der Waals surface area contributed by atoms with Crippen LogP contribution in [0.5, 0.6) is 0 Å². The Hall–Kier alpha value is -3.68. The number of para-hydroxylation sites is 1. The summed E-state index contributed by atoms with van der Waals surface area (Å²) in [6.45, 7) is 0.767. The Kier molecular flexibility index (Phi) is 6.64. The van der Waals surface area contributed by atoms with Crippen molar-refractivity contribution in [1.29, 1.82) is 0 Å². The fourth-order valence-corrected chi connectivity index (χ4v) is 6.38. The van der Waals surface area contributed by atoms with Crippen molar-refractivity contribution in [3.05, 3.63) is 124 Å². The molecule has 0 fully saturated rings.